The number of carbonyl (C=O) groups excluding carboxylic acids is 1. The molecule has 0 saturated carbocycles. The van der Waals surface area contributed by atoms with Crippen LogP contribution in [0.4, 0.5) is 19.3 Å². The normalized spacial score (nSPS) is 10.1. The van der Waals surface area contributed by atoms with Gasteiger partial charge in [0.2, 0.25) is 0 Å². The Labute approximate surface area is 112 Å². The highest BCUT2D eigenvalue weighted by Crippen LogP contribution is 2.27. The van der Waals surface area contributed by atoms with Gasteiger partial charge in [-0.25, -0.2) is 13.6 Å². The minimum absolute atomic E-state index is 0.00361. The van der Waals surface area contributed by atoms with E-state index in [0.717, 1.165) is 6.07 Å². The van der Waals surface area contributed by atoms with Crippen LogP contribution < -0.4 is 10.6 Å². The molecule has 0 aliphatic carbocycles. The van der Waals surface area contributed by atoms with Gasteiger partial charge in [-0.2, -0.15) is 0 Å². The van der Waals surface area contributed by atoms with Gasteiger partial charge in [-0.1, -0.05) is 11.6 Å². The lowest BCUT2D eigenvalue weighted by Crippen LogP contribution is -2.31. The molecule has 104 valence electrons. The first-order chi connectivity index (χ1) is 8.82. The molecule has 0 heterocycles. The number of halogens is 3. The van der Waals surface area contributed by atoms with Crippen molar-refractivity contribution in [2.75, 3.05) is 11.9 Å². The summed E-state index contributed by atoms with van der Waals surface area (Å²) in [6, 6.07) is -0.0203. The van der Waals surface area contributed by atoms with Gasteiger partial charge < -0.3 is 15.7 Å². The second-order valence-corrected chi connectivity index (χ2v) is 4.09. The zero-order valence-corrected chi connectivity index (χ0v) is 10.6. The van der Waals surface area contributed by atoms with Crippen LogP contribution >= 0.6 is 11.6 Å². The van der Waals surface area contributed by atoms with E-state index in [-0.39, 0.29) is 23.6 Å². The average molecular weight is 293 g/mol. The molecule has 0 radical (unpaired) electrons. The van der Waals surface area contributed by atoms with Crippen molar-refractivity contribution in [2.45, 2.75) is 13.3 Å². The lowest BCUT2D eigenvalue weighted by Gasteiger charge is -2.11. The highest BCUT2D eigenvalue weighted by molar-refractivity contribution is 6.31. The lowest BCUT2D eigenvalue weighted by atomic mass is 10.2. The Morgan fingerprint density at radius 1 is 1.42 bits per heavy atom. The number of nitrogens with one attached hydrogen (secondary N) is 2. The Hall–Kier alpha value is -1.89. The third kappa shape index (κ3) is 4.06. The molecule has 0 aliphatic heterocycles. The van der Waals surface area contributed by atoms with E-state index in [1.165, 1.54) is 6.92 Å². The summed E-state index contributed by atoms with van der Waals surface area (Å²) in [7, 11) is 0. The highest BCUT2D eigenvalue weighted by atomic mass is 35.5. The number of amides is 2. The molecule has 0 atom stereocenters. The van der Waals surface area contributed by atoms with Gasteiger partial charge in [0, 0.05) is 17.1 Å². The monoisotopic (exact) mass is 292 g/mol. The highest BCUT2D eigenvalue weighted by Gasteiger charge is 2.17. The maximum Gasteiger partial charge on any atom is 0.319 e. The lowest BCUT2D eigenvalue weighted by molar-refractivity contribution is -0.136. The number of hydrogen-bond acceptors (Lipinski definition) is 2. The number of carboxylic acids is 1. The maximum absolute atomic E-state index is 13.7. The van der Waals surface area contributed by atoms with Gasteiger partial charge in [0.25, 0.3) is 0 Å². The zero-order chi connectivity index (χ0) is 14.6. The van der Waals surface area contributed by atoms with E-state index in [2.05, 4.69) is 5.32 Å². The summed E-state index contributed by atoms with van der Waals surface area (Å²) in [4.78, 5) is 21.5. The van der Waals surface area contributed by atoms with Crippen LogP contribution in [0.2, 0.25) is 5.02 Å². The molecular formula is C11H11ClF2N2O3. The summed E-state index contributed by atoms with van der Waals surface area (Å²) in [5, 5.41) is 12.4. The van der Waals surface area contributed by atoms with Crippen LogP contribution in [-0.4, -0.2) is 23.7 Å². The van der Waals surface area contributed by atoms with E-state index in [0.29, 0.717) is 0 Å². The van der Waals surface area contributed by atoms with Crippen molar-refractivity contribution in [3.8, 4) is 0 Å². The molecule has 1 aromatic rings. The molecule has 0 aliphatic rings. The third-order valence-corrected chi connectivity index (χ3v) is 2.65. The summed E-state index contributed by atoms with van der Waals surface area (Å²) in [5.74, 6) is -3.08. The van der Waals surface area contributed by atoms with Crippen LogP contribution in [-0.2, 0) is 4.79 Å². The molecule has 5 nitrogen and oxygen atoms in total. The van der Waals surface area contributed by atoms with Gasteiger partial charge >= 0.3 is 12.0 Å². The number of urea groups is 1. The van der Waals surface area contributed by atoms with Crippen molar-refractivity contribution in [3.63, 3.8) is 0 Å². The molecule has 0 fully saturated rings. The van der Waals surface area contributed by atoms with Crippen LogP contribution in [0, 0.1) is 18.6 Å². The van der Waals surface area contributed by atoms with Crippen molar-refractivity contribution in [1.82, 2.24) is 5.32 Å². The van der Waals surface area contributed by atoms with Crippen molar-refractivity contribution >= 4 is 29.3 Å². The molecular weight excluding hydrogens is 282 g/mol. The van der Waals surface area contributed by atoms with Crippen molar-refractivity contribution in [2.24, 2.45) is 0 Å². The van der Waals surface area contributed by atoms with Gasteiger partial charge in [-0.15, -0.1) is 0 Å². The quantitative estimate of drug-likeness (QED) is 0.798. The van der Waals surface area contributed by atoms with Crippen LogP contribution in [0.15, 0.2) is 6.07 Å². The molecule has 1 rings (SSSR count). The smallest absolute Gasteiger partial charge is 0.319 e. The molecule has 0 aromatic heterocycles. The number of benzene rings is 1. The van der Waals surface area contributed by atoms with Crippen LogP contribution in [0.1, 0.15) is 12.0 Å². The fourth-order valence-corrected chi connectivity index (χ4v) is 1.42. The molecule has 0 spiro atoms. The first-order valence-corrected chi connectivity index (χ1v) is 5.61. The Kier molecular flexibility index (Phi) is 5.05. The summed E-state index contributed by atoms with van der Waals surface area (Å²) in [6.45, 7) is 1.18. The van der Waals surface area contributed by atoms with Gasteiger partial charge in [0.05, 0.1) is 6.42 Å². The first kappa shape index (κ1) is 15.2. The van der Waals surface area contributed by atoms with Crippen LogP contribution in [0.5, 0.6) is 0 Å². The van der Waals surface area contributed by atoms with Gasteiger partial charge in [-0.3, -0.25) is 4.79 Å². The molecule has 0 saturated heterocycles. The maximum atomic E-state index is 13.7. The van der Waals surface area contributed by atoms with Gasteiger partial charge in [0.15, 0.2) is 11.6 Å². The van der Waals surface area contributed by atoms with Crippen molar-refractivity contribution < 1.29 is 23.5 Å². The molecule has 2 amide bonds. The van der Waals surface area contributed by atoms with E-state index in [9.17, 15) is 18.4 Å². The van der Waals surface area contributed by atoms with Crippen LogP contribution in [0.25, 0.3) is 0 Å². The third-order valence-electron chi connectivity index (χ3n) is 2.26. The van der Waals surface area contributed by atoms with Crippen molar-refractivity contribution in [3.05, 3.63) is 28.3 Å². The van der Waals surface area contributed by atoms with Gasteiger partial charge in [0.1, 0.15) is 5.69 Å². The van der Waals surface area contributed by atoms with Gasteiger partial charge in [-0.05, 0) is 13.0 Å². The second-order valence-electron chi connectivity index (χ2n) is 3.68. The summed E-state index contributed by atoms with van der Waals surface area (Å²) >= 11 is 5.57. The van der Waals surface area contributed by atoms with E-state index in [1.807, 2.05) is 5.32 Å². The minimum Gasteiger partial charge on any atom is -0.481 e. The van der Waals surface area contributed by atoms with E-state index >= 15 is 0 Å². The molecule has 0 bridgehead atoms. The predicted octanol–water partition coefficient (Wildman–Crippen LogP) is 2.52. The fourth-order valence-electron chi connectivity index (χ4n) is 1.24. The Bertz CT molecular complexity index is 523. The second kappa shape index (κ2) is 6.33. The zero-order valence-electron chi connectivity index (χ0n) is 9.89. The minimum atomic E-state index is -1.10. The number of aliphatic carboxylic acids is 1. The Balaban J connectivity index is 2.74. The predicted molar refractivity (Wildman–Crippen MR) is 65.4 cm³/mol. The molecule has 8 heteroatoms. The summed E-state index contributed by atoms with van der Waals surface area (Å²) < 4.78 is 27.1. The summed E-state index contributed by atoms with van der Waals surface area (Å²) in [6.07, 6.45) is -0.294. The SMILES string of the molecule is Cc1c(Cl)cc(F)c(NC(=O)NCCC(=O)O)c1F. The molecule has 19 heavy (non-hydrogen) atoms. The Morgan fingerprint density at radius 3 is 2.63 bits per heavy atom. The molecule has 0 unspecified atom stereocenters. The summed E-state index contributed by atoms with van der Waals surface area (Å²) in [5.41, 5.74) is -0.626. The number of rotatable bonds is 4. The van der Waals surface area contributed by atoms with Crippen molar-refractivity contribution in [1.29, 1.82) is 0 Å². The average Bonchev–Trinajstić information content (AvgIpc) is 2.31. The van der Waals surface area contributed by atoms with E-state index in [1.54, 1.807) is 0 Å². The first-order valence-electron chi connectivity index (χ1n) is 5.23. The topological polar surface area (TPSA) is 78.4 Å². The number of carbonyl (C=O) groups is 2. The number of hydrogen-bond donors (Lipinski definition) is 3. The van der Waals surface area contributed by atoms with E-state index < -0.39 is 29.3 Å². The Morgan fingerprint density at radius 2 is 2.05 bits per heavy atom. The molecule has 1 aromatic carbocycles. The molecule has 3 N–H and O–H groups in total. The standard InChI is InChI=1S/C11H11ClF2N2O3/c1-5-6(12)4-7(13)10(9(5)14)16-11(19)15-3-2-8(17)18/h4H,2-3H2,1H3,(H,17,18)(H2,15,16,19). The number of carboxylic acid groups (broad SMARTS) is 1. The van der Waals surface area contributed by atoms with E-state index in [4.69, 9.17) is 16.7 Å². The number of anilines is 1. The van der Waals surface area contributed by atoms with Crippen LogP contribution in [0.3, 0.4) is 0 Å². The largest absolute Gasteiger partial charge is 0.481 e. The fraction of sp³-hybridized carbons (Fsp3) is 0.273.